The van der Waals surface area contributed by atoms with Crippen molar-refractivity contribution in [3.8, 4) is 0 Å². The van der Waals surface area contributed by atoms with E-state index in [0.29, 0.717) is 22.7 Å². The Balaban J connectivity index is 1.74. The van der Waals surface area contributed by atoms with Crippen LogP contribution in [0.2, 0.25) is 5.02 Å². The second kappa shape index (κ2) is 14.2. The molecule has 0 radical (unpaired) electrons. The molecule has 0 aromatic heterocycles. The highest BCUT2D eigenvalue weighted by atomic mass is 35.5. The number of benzene rings is 3. The van der Waals surface area contributed by atoms with Crippen LogP contribution >= 0.6 is 11.6 Å². The summed E-state index contributed by atoms with van der Waals surface area (Å²) < 4.78 is 27.2. The Bertz CT molecular complexity index is 1490. The zero-order valence-electron chi connectivity index (χ0n) is 24.6. The van der Waals surface area contributed by atoms with Crippen molar-refractivity contribution in [2.75, 3.05) is 17.1 Å². The van der Waals surface area contributed by atoms with Crippen molar-refractivity contribution in [1.82, 2.24) is 10.2 Å². The lowest BCUT2D eigenvalue weighted by molar-refractivity contribution is -0.140. The number of amides is 2. The first kappa shape index (κ1) is 31.6. The molecule has 1 N–H and O–H groups in total. The largest absolute Gasteiger partial charge is 0.352 e. The topological polar surface area (TPSA) is 86.8 Å². The quantitative estimate of drug-likeness (QED) is 0.297. The van der Waals surface area contributed by atoms with Crippen LogP contribution in [0.5, 0.6) is 0 Å². The van der Waals surface area contributed by atoms with Crippen LogP contribution < -0.4 is 9.62 Å². The van der Waals surface area contributed by atoms with Crippen molar-refractivity contribution in [3.63, 3.8) is 0 Å². The fraction of sp³-hybridized carbons (Fsp3) is 0.394. The molecule has 0 bridgehead atoms. The maximum Gasteiger partial charge on any atom is 0.244 e. The van der Waals surface area contributed by atoms with Gasteiger partial charge in [0.25, 0.3) is 0 Å². The summed E-state index contributed by atoms with van der Waals surface area (Å²) in [5.74, 6) is -0.684. The van der Waals surface area contributed by atoms with E-state index in [1.807, 2.05) is 61.5 Å². The molecule has 0 unspecified atom stereocenters. The molecule has 0 heterocycles. The molecule has 1 fully saturated rings. The molecule has 2 amide bonds. The smallest absolute Gasteiger partial charge is 0.244 e. The lowest BCUT2D eigenvalue weighted by atomic mass is 9.94. The van der Waals surface area contributed by atoms with Crippen molar-refractivity contribution in [2.45, 2.75) is 71.0 Å². The van der Waals surface area contributed by atoms with Gasteiger partial charge in [-0.2, -0.15) is 0 Å². The van der Waals surface area contributed by atoms with Gasteiger partial charge < -0.3 is 10.2 Å². The molecule has 1 saturated carbocycles. The highest BCUT2D eigenvalue weighted by molar-refractivity contribution is 7.92. The molecule has 7 nitrogen and oxygen atoms in total. The van der Waals surface area contributed by atoms with Gasteiger partial charge in [0.1, 0.15) is 12.6 Å². The second-order valence-corrected chi connectivity index (χ2v) is 13.6. The minimum Gasteiger partial charge on any atom is -0.352 e. The molecule has 9 heteroatoms. The Hall–Kier alpha value is -3.36. The third-order valence-electron chi connectivity index (χ3n) is 7.76. The Kier molecular flexibility index (Phi) is 10.7. The van der Waals surface area contributed by atoms with Crippen LogP contribution in [0.3, 0.4) is 0 Å². The van der Waals surface area contributed by atoms with E-state index in [-0.39, 0.29) is 18.5 Å². The highest BCUT2D eigenvalue weighted by Crippen LogP contribution is 2.27. The lowest BCUT2D eigenvalue weighted by Crippen LogP contribution is -2.55. The van der Waals surface area contributed by atoms with E-state index in [4.69, 9.17) is 11.6 Å². The summed E-state index contributed by atoms with van der Waals surface area (Å²) in [7, 11) is -3.85. The van der Waals surface area contributed by atoms with Crippen LogP contribution in [0.1, 0.15) is 54.4 Å². The number of carbonyl (C=O) groups is 2. The summed E-state index contributed by atoms with van der Waals surface area (Å²) in [5.41, 5.74) is 3.80. The molecule has 224 valence electrons. The molecular weight excluding hydrogens is 570 g/mol. The fourth-order valence-electron chi connectivity index (χ4n) is 5.60. The molecule has 0 saturated heterocycles. The van der Waals surface area contributed by atoms with Gasteiger partial charge in [0.2, 0.25) is 21.8 Å². The zero-order chi connectivity index (χ0) is 30.3. The molecule has 4 rings (SSSR count). The maximum absolute atomic E-state index is 14.3. The SMILES string of the molecule is Cc1cccc(CN(C(=O)CN(c2ccc(Cl)cc2C)S(C)(=O)=O)[C@H](Cc2ccccc2)C(=O)NC2CCCCC2)c1. The van der Waals surface area contributed by atoms with Gasteiger partial charge in [-0.1, -0.05) is 91.0 Å². The van der Waals surface area contributed by atoms with Crippen molar-refractivity contribution in [1.29, 1.82) is 0 Å². The first-order valence-corrected chi connectivity index (χ1v) is 16.7. The number of aryl methyl sites for hydroxylation is 2. The summed E-state index contributed by atoms with van der Waals surface area (Å²) in [4.78, 5) is 29.8. The van der Waals surface area contributed by atoms with Gasteiger partial charge in [-0.25, -0.2) is 8.42 Å². The maximum atomic E-state index is 14.3. The number of hydrogen-bond acceptors (Lipinski definition) is 4. The van der Waals surface area contributed by atoms with Crippen LogP contribution in [0, 0.1) is 13.8 Å². The molecule has 3 aromatic rings. The van der Waals surface area contributed by atoms with E-state index in [9.17, 15) is 18.0 Å². The predicted octanol–water partition coefficient (Wildman–Crippen LogP) is 5.81. The minimum absolute atomic E-state index is 0.0599. The van der Waals surface area contributed by atoms with Gasteiger partial charge >= 0.3 is 0 Å². The van der Waals surface area contributed by atoms with Crippen LogP contribution in [0.25, 0.3) is 0 Å². The van der Waals surface area contributed by atoms with E-state index in [2.05, 4.69) is 5.32 Å². The number of nitrogens with zero attached hydrogens (tertiary/aromatic N) is 2. The first-order valence-electron chi connectivity index (χ1n) is 14.4. The Morgan fingerprint density at radius 2 is 1.62 bits per heavy atom. The highest BCUT2D eigenvalue weighted by Gasteiger charge is 2.34. The van der Waals surface area contributed by atoms with Crippen molar-refractivity contribution in [2.24, 2.45) is 0 Å². The van der Waals surface area contributed by atoms with Crippen LogP contribution in [-0.2, 0) is 32.6 Å². The van der Waals surface area contributed by atoms with Crippen molar-refractivity contribution in [3.05, 3.63) is 100 Å². The molecule has 3 aromatic carbocycles. The Labute approximate surface area is 254 Å². The van der Waals surface area contributed by atoms with Crippen LogP contribution in [-0.4, -0.2) is 50.0 Å². The normalized spacial score (nSPS) is 14.7. The standard InChI is InChI=1S/C33H40ClN3O4S/c1-24-11-10-14-27(19-24)22-36(32(38)23-37(42(3,40)41)30-18-17-28(34)20-25(30)2)31(21-26-12-6-4-7-13-26)33(39)35-29-15-8-5-9-16-29/h4,6-7,10-14,17-20,29,31H,5,8-9,15-16,21-23H2,1-3H3,(H,35,39)/t31-/m1/s1. The van der Waals surface area contributed by atoms with Crippen molar-refractivity contribution < 1.29 is 18.0 Å². The third-order valence-corrected chi connectivity index (χ3v) is 9.13. The predicted molar refractivity (Wildman–Crippen MR) is 169 cm³/mol. The summed E-state index contributed by atoms with van der Waals surface area (Å²) in [6.45, 7) is 3.44. The summed E-state index contributed by atoms with van der Waals surface area (Å²) in [6, 6.07) is 21.5. The second-order valence-electron chi connectivity index (χ2n) is 11.3. The van der Waals surface area contributed by atoms with E-state index >= 15 is 0 Å². The number of carbonyl (C=O) groups excluding carboxylic acids is 2. The minimum atomic E-state index is -3.85. The fourth-order valence-corrected chi connectivity index (χ4v) is 6.73. The van der Waals surface area contributed by atoms with E-state index in [1.54, 1.807) is 30.0 Å². The molecule has 0 spiro atoms. The summed E-state index contributed by atoms with van der Waals surface area (Å²) >= 11 is 6.14. The lowest BCUT2D eigenvalue weighted by Gasteiger charge is -2.35. The summed E-state index contributed by atoms with van der Waals surface area (Å²) in [6.07, 6.45) is 6.48. The zero-order valence-corrected chi connectivity index (χ0v) is 26.1. The number of sulfonamides is 1. The molecule has 1 aliphatic rings. The van der Waals surface area contributed by atoms with Gasteiger partial charge in [0, 0.05) is 24.0 Å². The average molecular weight is 610 g/mol. The van der Waals surface area contributed by atoms with Gasteiger partial charge in [0.15, 0.2) is 0 Å². The van der Waals surface area contributed by atoms with Crippen LogP contribution in [0.4, 0.5) is 5.69 Å². The first-order chi connectivity index (χ1) is 20.0. The Morgan fingerprint density at radius 3 is 2.26 bits per heavy atom. The molecule has 1 aliphatic carbocycles. The number of halogens is 1. The molecule has 0 aliphatic heterocycles. The number of rotatable bonds is 11. The van der Waals surface area contributed by atoms with Gasteiger partial charge in [-0.3, -0.25) is 13.9 Å². The van der Waals surface area contributed by atoms with Crippen LogP contribution in [0.15, 0.2) is 72.8 Å². The van der Waals surface area contributed by atoms with Crippen molar-refractivity contribution >= 4 is 39.1 Å². The summed E-state index contributed by atoms with van der Waals surface area (Å²) in [5, 5.41) is 3.69. The Morgan fingerprint density at radius 1 is 0.929 bits per heavy atom. The number of hydrogen-bond donors (Lipinski definition) is 1. The average Bonchev–Trinajstić information content (AvgIpc) is 2.94. The number of nitrogens with one attached hydrogen (secondary N) is 1. The molecule has 42 heavy (non-hydrogen) atoms. The number of anilines is 1. The van der Waals surface area contributed by atoms with E-state index < -0.39 is 28.5 Å². The van der Waals surface area contributed by atoms with E-state index in [1.165, 1.54) is 0 Å². The monoisotopic (exact) mass is 609 g/mol. The van der Waals surface area contributed by atoms with E-state index in [0.717, 1.165) is 59.4 Å². The molecular formula is C33H40ClN3O4S. The van der Waals surface area contributed by atoms with Gasteiger partial charge in [-0.05, 0) is 61.6 Å². The third kappa shape index (κ3) is 8.58. The van der Waals surface area contributed by atoms with Gasteiger partial charge in [-0.15, -0.1) is 0 Å². The molecule has 1 atom stereocenters. The van der Waals surface area contributed by atoms with Gasteiger partial charge in [0.05, 0.1) is 11.9 Å².